The van der Waals surface area contributed by atoms with E-state index in [0.29, 0.717) is 13.0 Å². The summed E-state index contributed by atoms with van der Waals surface area (Å²) < 4.78 is 12.2. The minimum atomic E-state index is -1.92. The highest BCUT2D eigenvalue weighted by Gasteiger charge is 2.41. The summed E-state index contributed by atoms with van der Waals surface area (Å²) in [7, 11) is -1.92. The van der Waals surface area contributed by atoms with Gasteiger partial charge in [0.1, 0.15) is 0 Å². The molecule has 0 fully saturated rings. The molecule has 4 heteroatoms. The van der Waals surface area contributed by atoms with Gasteiger partial charge in [0, 0.05) is 12.3 Å². The highest BCUT2D eigenvalue weighted by molar-refractivity contribution is 6.74. The predicted octanol–water partition coefficient (Wildman–Crippen LogP) is 5.26. The molecule has 0 aromatic heterocycles. The van der Waals surface area contributed by atoms with Gasteiger partial charge >= 0.3 is 5.97 Å². The molecule has 0 unspecified atom stereocenters. The van der Waals surface area contributed by atoms with Crippen LogP contribution in [0.2, 0.25) is 18.1 Å². The van der Waals surface area contributed by atoms with Crippen molar-refractivity contribution in [2.75, 3.05) is 6.61 Å². The molecule has 0 aliphatic carbocycles. The standard InChI is InChI=1S/C20H38O3Si/c1-12-13-15(2)17(23-24(10,11)20(7,8)9)16(3)14-22-18(21)19(4,5)6/h1,15-17H,13-14H2,2-11H3/t15-,16+,17-/m0/s1. The Labute approximate surface area is 151 Å². The van der Waals surface area contributed by atoms with Crippen LogP contribution < -0.4 is 0 Å². The lowest BCUT2D eigenvalue weighted by Gasteiger charge is -2.42. The average Bonchev–Trinajstić information content (AvgIpc) is 2.39. The van der Waals surface area contributed by atoms with Crippen LogP contribution in [-0.2, 0) is 14.0 Å². The molecule has 0 bridgehead atoms. The van der Waals surface area contributed by atoms with E-state index in [2.05, 4.69) is 53.6 Å². The zero-order chi connectivity index (χ0) is 19.3. The summed E-state index contributed by atoms with van der Waals surface area (Å²) in [5, 5.41) is 0.128. The molecule has 0 saturated carbocycles. The third kappa shape index (κ3) is 6.99. The van der Waals surface area contributed by atoms with Crippen molar-refractivity contribution in [2.45, 2.75) is 86.0 Å². The van der Waals surface area contributed by atoms with Crippen molar-refractivity contribution < 1.29 is 14.0 Å². The highest BCUT2D eigenvalue weighted by atomic mass is 28.4. The van der Waals surface area contributed by atoms with Crippen LogP contribution in [0.25, 0.3) is 0 Å². The van der Waals surface area contributed by atoms with Crippen molar-refractivity contribution in [2.24, 2.45) is 17.3 Å². The monoisotopic (exact) mass is 354 g/mol. The van der Waals surface area contributed by atoms with Gasteiger partial charge in [0.15, 0.2) is 8.32 Å². The second-order valence-corrected chi connectivity index (χ2v) is 14.3. The molecular weight excluding hydrogens is 316 g/mol. The summed E-state index contributed by atoms with van der Waals surface area (Å²) in [6, 6.07) is 0. The number of hydrogen-bond donors (Lipinski definition) is 0. The van der Waals surface area contributed by atoms with Gasteiger partial charge in [-0.25, -0.2) is 0 Å². The number of esters is 1. The highest BCUT2D eigenvalue weighted by Crippen LogP contribution is 2.39. The second kappa shape index (κ2) is 8.54. The lowest BCUT2D eigenvalue weighted by atomic mass is 9.91. The first-order valence-corrected chi connectivity index (χ1v) is 11.8. The zero-order valence-corrected chi connectivity index (χ0v) is 18.4. The summed E-state index contributed by atoms with van der Waals surface area (Å²) in [6.07, 6.45) is 6.18. The maximum absolute atomic E-state index is 12.0. The minimum absolute atomic E-state index is 0.00490. The molecule has 0 N–H and O–H groups in total. The molecule has 3 nitrogen and oxygen atoms in total. The van der Waals surface area contributed by atoms with Crippen LogP contribution in [0.15, 0.2) is 0 Å². The Morgan fingerprint density at radius 3 is 1.96 bits per heavy atom. The van der Waals surface area contributed by atoms with E-state index in [1.165, 1.54) is 0 Å². The molecule has 0 spiro atoms. The molecular formula is C20H38O3Si. The normalized spacial score (nSPS) is 16.9. The van der Waals surface area contributed by atoms with E-state index in [0.717, 1.165) is 0 Å². The molecule has 0 aromatic rings. The summed E-state index contributed by atoms with van der Waals surface area (Å²) in [5.41, 5.74) is -0.486. The van der Waals surface area contributed by atoms with E-state index < -0.39 is 13.7 Å². The summed E-state index contributed by atoms with van der Waals surface area (Å²) in [6.45, 7) is 21.3. The fourth-order valence-corrected chi connectivity index (χ4v) is 3.63. The van der Waals surface area contributed by atoms with E-state index in [9.17, 15) is 4.79 Å². The molecule has 0 rings (SSSR count). The predicted molar refractivity (Wildman–Crippen MR) is 104 cm³/mol. The minimum Gasteiger partial charge on any atom is -0.465 e. The lowest BCUT2D eigenvalue weighted by molar-refractivity contribution is -0.155. The van der Waals surface area contributed by atoms with Gasteiger partial charge in [-0.3, -0.25) is 4.79 Å². The van der Waals surface area contributed by atoms with Crippen LogP contribution in [0.1, 0.15) is 61.8 Å². The van der Waals surface area contributed by atoms with Crippen LogP contribution in [0.5, 0.6) is 0 Å². The van der Waals surface area contributed by atoms with Gasteiger partial charge in [-0.15, -0.1) is 12.3 Å². The van der Waals surface area contributed by atoms with Gasteiger partial charge in [0.05, 0.1) is 18.1 Å². The van der Waals surface area contributed by atoms with Gasteiger partial charge in [-0.2, -0.15) is 0 Å². The fourth-order valence-electron chi connectivity index (χ4n) is 2.13. The van der Waals surface area contributed by atoms with Crippen molar-refractivity contribution in [1.82, 2.24) is 0 Å². The van der Waals surface area contributed by atoms with E-state index in [4.69, 9.17) is 15.6 Å². The van der Waals surface area contributed by atoms with Crippen molar-refractivity contribution in [1.29, 1.82) is 0 Å². The molecule has 24 heavy (non-hydrogen) atoms. The molecule has 0 heterocycles. The molecule has 0 aromatic carbocycles. The van der Waals surface area contributed by atoms with Crippen molar-refractivity contribution in [3.05, 3.63) is 0 Å². The molecule has 0 amide bonds. The first-order valence-electron chi connectivity index (χ1n) is 8.92. The molecule has 0 saturated heterocycles. The van der Waals surface area contributed by atoms with Crippen LogP contribution in [-0.4, -0.2) is 27.0 Å². The number of carbonyl (C=O) groups is 1. The second-order valence-electron chi connectivity index (χ2n) is 9.55. The van der Waals surface area contributed by atoms with Gasteiger partial charge in [-0.05, 0) is 44.8 Å². The van der Waals surface area contributed by atoms with Crippen LogP contribution >= 0.6 is 0 Å². The van der Waals surface area contributed by atoms with Crippen LogP contribution in [0.3, 0.4) is 0 Å². The van der Waals surface area contributed by atoms with E-state index >= 15 is 0 Å². The topological polar surface area (TPSA) is 35.5 Å². The van der Waals surface area contributed by atoms with Gasteiger partial charge in [-0.1, -0.05) is 34.6 Å². The fraction of sp³-hybridized carbons (Fsp3) is 0.850. The molecule has 0 aliphatic rings. The Morgan fingerprint density at radius 1 is 1.08 bits per heavy atom. The zero-order valence-electron chi connectivity index (χ0n) is 17.4. The quantitative estimate of drug-likeness (QED) is 0.355. The molecule has 0 aliphatic heterocycles. The van der Waals surface area contributed by atoms with Crippen molar-refractivity contribution in [3.8, 4) is 12.3 Å². The number of ether oxygens (including phenoxy) is 1. The number of hydrogen-bond acceptors (Lipinski definition) is 3. The van der Waals surface area contributed by atoms with Gasteiger partial charge in [0.2, 0.25) is 0 Å². The van der Waals surface area contributed by atoms with Crippen molar-refractivity contribution >= 4 is 14.3 Å². The third-order valence-electron chi connectivity index (χ3n) is 4.89. The maximum atomic E-state index is 12.0. The number of terminal acetylenes is 1. The van der Waals surface area contributed by atoms with E-state index in [1.54, 1.807) is 0 Å². The average molecular weight is 355 g/mol. The van der Waals surface area contributed by atoms with Crippen LogP contribution in [0, 0.1) is 29.6 Å². The molecule has 140 valence electrons. The Bertz CT molecular complexity index is 449. The summed E-state index contributed by atoms with van der Waals surface area (Å²) in [4.78, 5) is 12.0. The van der Waals surface area contributed by atoms with Crippen molar-refractivity contribution in [3.63, 3.8) is 0 Å². The summed E-state index contributed by atoms with van der Waals surface area (Å²) >= 11 is 0. The number of carbonyl (C=O) groups excluding carboxylic acids is 1. The largest absolute Gasteiger partial charge is 0.465 e. The first-order chi connectivity index (χ1) is 10.6. The maximum Gasteiger partial charge on any atom is 0.311 e. The Kier molecular flexibility index (Phi) is 8.25. The Morgan fingerprint density at radius 2 is 1.58 bits per heavy atom. The smallest absolute Gasteiger partial charge is 0.311 e. The molecule has 3 atom stereocenters. The van der Waals surface area contributed by atoms with E-state index in [-0.39, 0.29) is 28.9 Å². The number of rotatable bonds is 7. The Hall–Kier alpha value is -0.793. The third-order valence-corrected chi connectivity index (χ3v) is 9.36. The molecule has 0 radical (unpaired) electrons. The van der Waals surface area contributed by atoms with Gasteiger partial charge in [0.25, 0.3) is 0 Å². The Balaban J connectivity index is 5.15. The lowest BCUT2D eigenvalue weighted by Crippen LogP contribution is -2.48. The van der Waals surface area contributed by atoms with Crippen LogP contribution in [0.4, 0.5) is 0 Å². The summed E-state index contributed by atoms with van der Waals surface area (Å²) in [5.74, 6) is 2.90. The van der Waals surface area contributed by atoms with Gasteiger partial charge < -0.3 is 9.16 Å². The van der Waals surface area contributed by atoms with E-state index in [1.807, 2.05) is 20.8 Å². The SMILES string of the molecule is C#CC[C@H](C)[C@H](O[Si](C)(C)C(C)(C)C)[C@H](C)COC(=O)C(C)(C)C. The first kappa shape index (κ1) is 23.2.